The van der Waals surface area contributed by atoms with E-state index in [0.717, 1.165) is 16.8 Å². The van der Waals surface area contributed by atoms with E-state index in [0.29, 0.717) is 23.0 Å². The number of hydrogen-bond donors (Lipinski definition) is 1. The van der Waals surface area contributed by atoms with Crippen LogP contribution in [-0.2, 0) is 4.79 Å². The lowest BCUT2D eigenvalue weighted by Crippen LogP contribution is -2.40. The number of amides is 1. The first-order chi connectivity index (χ1) is 14.2. The summed E-state index contributed by atoms with van der Waals surface area (Å²) in [5.74, 6) is 1.55. The second kappa shape index (κ2) is 6.98. The first-order valence-corrected chi connectivity index (χ1v) is 9.42. The van der Waals surface area contributed by atoms with Gasteiger partial charge in [0, 0.05) is 11.8 Å². The van der Waals surface area contributed by atoms with Crippen molar-refractivity contribution in [2.45, 2.75) is 13.0 Å². The molecular weight excluding hydrogens is 366 g/mol. The van der Waals surface area contributed by atoms with Crippen LogP contribution in [0.5, 0.6) is 11.5 Å². The van der Waals surface area contributed by atoms with Crippen molar-refractivity contribution in [3.63, 3.8) is 0 Å². The van der Waals surface area contributed by atoms with Crippen LogP contribution in [0.4, 0.5) is 5.82 Å². The fourth-order valence-electron chi connectivity index (χ4n) is 3.41. The zero-order valence-corrected chi connectivity index (χ0v) is 15.8. The molecule has 0 aliphatic carbocycles. The SMILES string of the molecule is Cc1ccc2nc(-c3ccccc3)c(NC(=O)[C@H]3COc4ccccc4O3)n2c1. The molecular formula is C23H19N3O3. The number of fused-ring (bicyclic) bond motifs is 2. The van der Waals surface area contributed by atoms with Crippen molar-refractivity contribution in [2.24, 2.45) is 0 Å². The van der Waals surface area contributed by atoms with E-state index in [-0.39, 0.29) is 12.5 Å². The van der Waals surface area contributed by atoms with Crippen LogP contribution >= 0.6 is 0 Å². The van der Waals surface area contributed by atoms with Crippen LogP contribution in [0.3, 0.4) is 0 Å². The number of rotatable bonds is 3. The first kappa shape index (κ1) is 17.3. The number of nitrogens with zero attached hydrogens (tertiary/aromatic N) is 2. The summed E-state index contributed by atoms with van der Waals surface area (Å²) in [5, 5.41) is 3.02. The normalized spacial score (nSPS) is 15.3. The van der Waals surface area contributed by atoms with E-state index < -0.39 is 6.10 Å². The Morgan fingerprint density at radius 1 is 1.03 bits per heavy atom. The molecule has 144 valence electrons. The van der Waals surface area contributed by atoms with Gasteiger partial charge in [0.2, 0.25) is 6.10 Å². The van der Waals surface area contributed by atoms with Gasteiger partial charge in [-0.3, -0.25) is 9.20 Å². The van der Waals surface area contributed by atoms with Crippen molar-refractivity contribution in [1.29, 1.82) is 0 Å². The van der Waals surface area contributed by atoms with E-state index in [4.69, 9.17) is 14.5 Å². The predicted octanol–water partition coefficient (Wildman–Crippen LogP) is 4.09. The van der Waals surface area contributed by atoms with Crippen molar-refractivity contribution in [3.05, 3.63) is 78.5 Å². The van der Waals surface area contributed by atoms with Crippen molar-refractivity contribution >= 4 is 17.4 Å². The molecule has 0 saturated heterocycles. The maximum Gasteiger partial charge on any atom is 0.270 e. The molecule has 5 rings (SSSR count). The molecule has 1 N–H and O–H groups in total. The number of hydrogen-bond acceptors (Lipinski definition) is 4. The van der Waals surface area contributed by atoms with E-state index >= 15 is 0 Å². The van der Waals surface area contributed by atoms with Gasteiger partial charge >= 0.3 is 0 Å². The molecule has 6 heteroatoms. The molecule has 0 spiro atoms. The zero-order valence-electron chi connectivity index (χ0n) is 15.8. The predicted molar refractivity (Wildman–Crippen MR) is 110 cm³/mol. The summed E-state index contributed by atoms with van der Waals surface area (Å²) >= 11 is 0. The lowest BCUT2D eigenvalue weighted by atomic mass is 10.1. The van der Waals surface area contributed by atoms with Gasteiger partial charge in [-0.2, -0.15) is 0 Å². The molecule has 1 aliphatic rings. The van der Waals surface area contributed by atoms with E-state index in [2.05, 4.69) is 5.32 Å². The average molecular weight is 385 g/mol. The monoisotopic (exact) mass is 385 g/mol. The molecule has 29 heavy (non-hydrogen) atoms. The van der Waals surface area contributed by atoms with Crippen molar-refractivity contribution in [1.82, 2.24) is 9.38 Å². The number of nitrogens with one attached hydrogen (secondary N) is 1. The Bertz CT molecular complexity index is 1200. The number of para-hydroxylation sites is 2. The second-order valence-electron chi connectivity index (χ2n) is 6.96. The van der Waals surface area contributed by atoms with Crippen LogP contribution in [-0.4, -0.2) is 28.0 Å². The number of imidazole rings is 1. The zero-order chi connectivity index (χ0) is 19.8. The molecule has 0 bridgehead atoms. The average Bonchev–Trinajstić information content (AvgIpc) is 3.11. The number of anilines is 1. The quantitative estimate of drug-likeness (QED) is 0.577. The number of benzene rings is 2. The highest BCUT2D eigenvalue weighted by Crippen LogP contribution is 2.32. The van der Waals surface area contributed by atoms with E-state index in [9.17, 15) is 4.79 Å². The lowest BCUT2D eigenvalue weighted by molar-refractivity contribution is -0.125. The van der Waals surface area contributed by atoms with Crippen LogP contribution in [0.2, 0.25) is 0 Å². The highest BCUT2D eigenvalue weighted by Gasteiger charge is 2.29. The fourth-order valence-corrected chi connectivity index (χ4v) is 3.41. The lowest BCUT2D eigenvalue weighted by Gasteiger charge is -2.25. The van der Waals surface area contributed by atoms with Gasteiger partial charge in [-0.05, 0) is 30.7 Å². The summed E-state index contributed by atoms with van der Waals surface area (Å²) in [4.78, 5) is 17.8. The maximum absolute atomic E-state index is 13.0. The minimum Gasteiger partial charge on any atom is -0.485 e. The van der Waals surface area contributed by atoms with Crippen molar-refractivity contribution < 1.29 is 14.3 Å². The highest BCUT2D eigenvalue weighted by molar-refractivity contribution is 5.97. The molecule has 4 aromatic rings. The second-order valence-corrected chi connectivity index (χ2v) is 6.96. The Labute approximate surface area is 167 Å². The molecule has 0 saturated carbocycles. The fraction of sp³-hybridized carbons (Fsp3) is 0.130. The molecule has 1 aliphatic heterocycles. The molecule has 1 atom stereocenters. The number of carbonyl (C=O) groups excluding carboxylic acids is 1. The molecule has 2 aromatic carbocycles. The molecule has 1 amide bonds. The smallest absolute Gasteiger partial charge is 0.270 e. The molecule has 3 heterocycles. The van der Waals surface area contributed by atoms with Crippen LogP contribution in [0.15, 0.2) is 72.9 Å². The molecule has 6 nitrogen and oxygen atoms in total. The summed E-state index contributed by atoms with van der Waals surface area (Å²) in [5.41, 5.74) is 3.46. The largest absolute Gasteiger partial charge is 0.485 e. The highest BCUT2D eigenvalue weighted by atomic mass is 16.6. The van der Waals surface area contributed by atoms with E-state index in [1.807, 2.05) is 78.2 Å². The van der Waals surface area contributed by atoms with E-state index in [1.54, 1.807) is 6.07 Å². The topological polar surface area (TPSA) is 64.9 Å². The number of carbonyl (C=O) groups is 1. The Morgan fingerprint density at radius 3 is 2.62 bits per heavy atom. The minimum atomic E-state index is -0.746. The van der Waals surface area contributed by atoms with Crippen LogP contribution < -0.4 is 14.8 Å². The molecule has 2 aromatic heterocycles. The van der Waals surface area contributed by atoms with Gasteiger partial charge in [-0.15, -0.1) is 0 Å². The molecule has 0 unspecified atom stereocenters. The number of aromatic nitrogens is 2. The van der Waals surface area contributed by atoms with Crippen molar-refractivity contribution in [3.8, 4) is 22.8 Å². The third-order valence-electron chi connectivity index (χ3n) is 4.86. The van der Waals surface area contributed by atoms with Gasteiger partial charge in [0.15, 0.2) is 11.5 Å². The van der Waals surface area contributed by atoms with Gasteiger partial charge in [0.05, 0.1) is 0 Å². The Kier molecular flexibility index (Phi) is 4.17. The number of pyridine rings is 1. The third-order valence-corrected chi connectivity index (χ3v) is 4.86. The van der Waals surface area contributed by atoms with Gasteiger partial charge in [-0.1, -0.05) is 48.5 Å². The maximum atomic E-state index is 13.0. The van der Waals surface area contributed by atoms with Gasteiger partial charge in [0.1, 0.15) is 23.8 Å². The van der Waals surface area contributed by atoms with Crippen LogP contribution in [0, 0.1) is 6.92 Å². The Hall–Kier alpha value is -3.80. The Morgan fingerprint density at radius 2 is 1.79 bits per heavy atom. The summed E-state index contributed by atoms with van der Waals surface area (Å²) in [7, 11) is 0. The summed E-state index contributed by atoms with van der Waals surface area (Å²) in [6, 6.07) is 21.1. The molecule has 0 radical (unpaired) electrons. The number of aryl methyl sites for hydroxylation is 1. The molecule has 0 fully saturated rings. The van der Waals surface area contributed by atoms with Crippen LogP contribution in [0.25, 0.3) is 16.9 Å². The van der Waals surface area contributed by atoms with Gasteiger partial charge in [0.25, 0.3) is 5.91 Å². The van der Waals surface area contributed by atoms with Crippen molar-refractivity contribution in [2.75, 3.05) is 11.9 Å². The van der Waals surface area contributed by atoms with Gasteiger partial charge < -0.3 is 14.8 Å². The minimum absolute atomic E-state index is 0.152. The summed E-state index contributed by atoms with van der Waals surface area (Å²) in [6.45, 7) is 2.15. The summed E-state index contributed by atoms with van der Waals surface area (Å²) < 4.78 is 13.4. The van der Waals surface area contributed by atoms with Crippen LogP contribution in [0.1, 0.15) is 5.56 Å². The van der Waals surface area contributed by atoms with E-state index in [1.165, 1.54) is 0 Å². The van der Waals surface area contributed by atoms with Gasteiger partial charge in [-0.25, -0.2) is 4.98 Å². The number of ether oxygens (including phenoxy) is 2. The Balaban J connectivity index is 1.51. The summed E-state index contributed by atoms with van der Waals surface area (Å²) in [6.07, 6.45) is 1.21. The third kappa shape index (κ3) is 3.18. The standard InChI is InChI=1S/C23H19N3O3/c1-15-11-12-20-24-21(16-7-3-2-4-8-16)22(26(20)13-15)25-23(27)19-14-28-17-9-5-6-10-18(17)29-19/h2-13,19H,14H2,1H3,(H,25,27)/t19-/m1/s1. The first-order valence-electron chi connectivity index (χ1n) is 9.42.